The molecule has 132 valence electrons. The van der Waals surface area contributed by atoms with Gasteiger partial charge in [-0.05, 0) is 17.7 Å². The van der Waals surface area contributed by atoms with Gasteiger partial charge in [0.25, 0.3) is 5.91 Å². The van der Waals surface area contributed by atoms with Crippen LogP contribution in [0.15, 0.2) is 48.1 Å². The molecule has 1 atom stereocenters. The third kappa shape index (κ3) is 4.22. The molecule has 2 N–H and O–H groups in total. The summed E-state index contributed by atoms with van der Waals surface area (Å²) in [4.78, 5) is 36.1. The van der Waals surface area contributed by atoms with Crippen molar-refractivity contribution in [3.8, 4) is 10.8 Å². The van der Waals surface area contributed by atoms with Crippen molar-refractivity contribution in [3.63, 3.8) is 0 Å². The van der Waals surface area contributed by atoms with E-state index < -0.39 is 17.9 Å². The van der Waals surface area contributed by atoms with Gasteiger partial charge in [0, 0.05) is 22.8 Å². The molecule has 0 saturated carbocycles. The molecule has 0 bridgehead atoms. The summed E-state index contributed by atoms with van der Waals surface area (Å²) in [5.41, 5.74) is 0.701. The number of aliphatic carboxylic acids is 1. The average molecular weight is 389 g/mol. The molecule has 0 spiro atoms. The number of carboxylic acids is 1. The van der Waals surface area contributed by atoms with Crippen molar-refractivity contribution in [1.82, 2.24) is 20.3 Å². The van der Waals surface area contributed by atoms with E-state index in [-0.39, 0.29) is 12.1 Å². The highest BCUT2D eigenvalue weighted by Crippen LogP contribution is 2.26. The molecule has 2 aromatic heterocycles. The fraction of sp³-hybridized carbons (Fsp3) is 0.118. The van der Waals surface area contributed by atoms with Crippen molar-refractivity contribution in [1.29, 1.82) is 0 Å². The number of carbonyl (C=O) groups is 2. The van der Waals surface area contributed by atoms with Crippen molar-refractivity contribution in [2.75, 3.05) is 0 Å². The Balaban J connectivity index is 1.81. The first-order chi connectivity index (χ1) is 12.5. The first-order valence-electron chi connectivity index (χ1n) is 7.54. The van der Waals surface area contributed by atoms with E-state index in [1.54, 1.807) is 48.1 Å². The van der Waals surface area contributed by atoms with E-state index in [2.05, 4.69) is 20.3 Å². The zero-order valence-electron chi connectivity index (χ0n) is 13.3. The lowest BCUT2D eigenvalue weighted by atomic mass is 10.0. The summed E-state index contributed by atoms with van der Waals surface area (Å²) in [5.74, 6) is -1.12. The van der Waals surface area contributed by atoms with E-state index in [0.29, 0.717) is 21.4 Å². The standard InChI is InChI=1S/C17H13ClN4O3S/c18-11-5-2-1-4-10(11)12(8-14(23)24)21-16(25)13-9-26-17(22-13)15-19-6-3-7-20-15/h1-7,9,12H,8H2,(H,21,25)(H,23,24). The van der Waals surface area contributed by atoms with Gasteiger partial charge in [-0.1, -0.05) is 29.8 Å². The van der Waals surface area contributed by atoms with Crippen LogP contribution in [0.2, 0.25) is 5.02 Å². The summed E-state index contributed by atoms with van der Waals surface area (Å²) in [7, 11) is 0. The van der Waals surface area contributed by atoms with E-state index >= 15 is 0 Å². The summed E-state index contributed by atoms with van der Waals surface area (Å²) in [6.07, 6.45) is 2.88. The van der Waals surface area contributed by atoms with Crippen molar-refractivity contribution >= 4 is 34.8 Å². The average Bonchev–Trinajstić information content (AvgIpc) is 3.12. The predicted molar refractivity (Wildman–Crippen MR) is 97.1 cm³/mol. The summed E-state index contributed by atoms with van der Waals surface area (Å²) < 4.78 is 0. The Hall–Kier alpha value is -2.84. The molecule has 3 rings (SSSR count). The SMILES string of the molecule is O=C(O)CC(NC(=O)c1csc(-c2ncccn2)n1)c1ccccc1Cl. The number of thiazole rings is 1. The van der Waals surface area contributed by atoms with Gasteiger partial charge in [-0.2, -0.15) is 0 Å². The molecule has 1 unspecified atom stereocenters. The Bertz CT molecular complexity index is 933. The van der Waals surface area contributed by atoms with Crippen molar-refractivity contribution in [2.45, 2.75) is 12.5 Å². The number of halogens is 1. The van der Waals surface area contributed by atoms with Gasteiger partial charge < -0.3 is 10.4 Å². The van der Waals surface area contributed by atoms with Crippen LogP contribution in [0.3, 0.4) is 0 Å². The van der Waals surface area contributed by atoms with Gasteiger partial charge in [0.2, 0.25) is 0 Å². The Kier molecular flexibility index (Phi) is 5.55. The minimum Gasteiger partial charge on any atom is -0.481 e. The number of carbonyl (C=O) groups excluding carboxylic acids is 1. The van der Waals surface area contributed by atoms with Crippen LogP contribution in [0.4, 0.5) is 0 Å². The number of hydrogen-bond donors (Lipinski definition) is 2. The summed E-state index contributed by atoms with van der Waals surface area (Å²) in [5, 5.41) is 14.3. The zero-order chi connectivity index (χ0) is 18.5. The maximum absolute atomic E-state index is 12.5. The number of aromatic nitrogens is 3. The second kappa shape index (κ2) is 8.03. The second-order valence-electron chi connectivity index (χ2n) is 5.26. The number of nitrogens with zero attached hydrogens (tertiary/aromatic N) is 3. The Morgan fingerprint density at radius 2 is 1.92 bits per heavy atom. The van der Waals surface area contributed by atoms with Crippen LogP contribution >= 0.6 is 22.9 Å². The minimum atomic E-state index is -1.05. The number of carboxylic acid groups (broad SMARTS) is 1. The van der Waals surface area contributed by atoms with Gasteiger partial charge in [-0.15, -0.1) is 11.3 Å². The first kappa shape index (κ1) is 18.0. The van der Waals surface area contributed by atoms with E-state index in [1.807, 2.05) is 0 Å². The molecule has 0 aliphatic carbocycles. The zero-order valence-corrected chi connectivity index (χ0v) is 14.9. The number of nitrogens with one attached hydrogen (secondary N) is 1. The minimum absolute atomic E-state index is 0.167. The molecule has 0 saturated heterocycles. The smallest absolute Gasteiger partial charge is 0.305 e. The van der Waals surface area contributed by atoms with Crippen molar-refractivity contribution in [3.05, 3.63) is 64.4 Å². The second-order valence-corrected chi connectivity index (χ2v) is 6.52. The molecule has 1 aromatic carbocycles. The lowest BCUT2D eigenvalue weighted by Crippen LogP contribution is -2.30. The van der Waals surface area contributed by atoms with Gasteiger partial charge >= 0.3 is 5.97 Å². The van der Waals surface area contributed by atoms with Crippen LogP contribution in [0.25, 0.3) is 10.8 Å². The topological polar surface area (TPSA) is 105 Å². The predicted octanol–water partition coefficient (Wildman–Crippen LogP) is 3.20. The fourth-order valence-electron chi connectivity index (χ4n) is 2.29. The van der Waals surface area contributed by atoms with Crippen LogP contribution in [0, 0.1) is 0 Å². The van der Waals surface area contributed by atoms with Gasteiger partial charge in [0.15, 0.2) is 10.8 Å². The van der Waals surface area contributed by atoms with Crippen LogP contribution in [-0.2, 0) is 4.79 Å². The van der Waals surface area contributed by atoms with Gasteiger partial charge in [0.1, 0.15) is 5.69 Å². The molecule has 9 heteroatoms. The van der Waals surface area contributed by atoms with Crippen molar-refractivity contribution < 1.29 is 14.7 Å². The molecular formula is C17H13ClN4O3S. The fourth-order valence-corrected chi connectivity index (χ4v) is 3.31. The highest BCUT2D eigenvalue weighted by molar-refractivity contribution is 7.13. The van der Waals surface area contributed by atoms with Gasteiger partial charge in [-0.25, -0.2) is 15.0 Å². The third-order valence-corrected chi connectivity index (χ3v) is 4.64. The lowest BCUT2D eigenvalue weighted by molar-refractivity contribution is -0.137. The maximum Gasteiger partial charge on any atom is 0.305 e. The number of amides is 1. The molecule has 26 heavy (non-hydrogen) atoms. The number of benzene rings is 1. The monoisotopic (exact) mass is 388 g/mol. The molecule has 3 aromatic rings. The quantitative estimate of drug-likeness (QED) is 0.671. The molecule has 0 fully saturated rings. The first-order valence-corrected chi connectivity index (χ1v) is 8.80. The molecule has 7 nitrogen and oxygen atoms in total. The number of rotatable bonds is 6. The largest absolute Gasteiger partial charge is 0.481 e. The molecule has 0 aliphatic rings. The van der Waals surface area contributed by atoms with Gasteiger partial charge in [0.05, 0.1) is 12.5 Å². The van der Waals surface area contributed by atoms with E-state index in [1.165, 1.54) is 11.3 Å². The third-order valence-electron chi connectivity index (χ3n) is 3.46. The lowest BCUT2D eigenvalue weighted by Gasteiger charge is -2.18. The highest BCUT2D eigenvalue weighted by Gasteiger charge is 2.22. The Morgan fingerprint density at radius 3 is 2.62 bits per heavy atom. The van der Waals surface area contributed by atoms with Gasteiger partial charge in [-0.3, -0.25) is 9.59 Å². The maximum atomic E-state index is 12.5. The van der Waals surface area contributed by atoms with E-state index in [4.69, 9.17) is 16.7 Å². The van der Waals surface area contributed by atoms with Crippen LogP contribution in [0.1, 0.15) is 28.5 Å². The van der Waals surface area contributed by atoms with Crippen LogP contribution < -0.4 is 5.32 Å². The summed E-state index contributed by atoms with van der Waals surface area (Å²) in [6.45, 7) is 0. The molecular weight excluding hydrogens is 376 g/mol. The summed E-state index contributed by atoms with van der Waals surface area (Å²) in [6, 6.07) is 7.71. The molecule has 1 amide bonds. The van der Waals surface area contributed by atoms with E-state index in [0.717, 1.165) is 0 Å². The van der Waals surface area contributed by atoms with E-state index in [9.17, 15) is 9.59 Å². The Morgan fingerprint density at radius 1 is 1.19 bits per heavy atom. The molecule has 0 radical (unpaired) electrons. The molecule has 2 heterocycles. The highest BCUT2D eigenvalue weighted by atomic mass is 35.5. The normalized spacial score (nSPS) is 11.7. The Labute approximate surface area is 157 Å². The number of hydrogen-bond acceptors (Lipinski definition) is 6. The molecule has 0 aliphatic heterocycles. The summed E-state index contributed by atoms with van der Waals surface area (Å²) >= 11 is 7.37. The van der Waals surface area contributed by atoms with Crippen molar-refractivity contribution in [2.24, 2.45) is 0 Å². The van der Waals surface area contributed by atoms with Crippen LogP contribution in [0.5, 0.6) is 0 Å². The van der Waals surface area contributed by atoms with Crippen LogP contribution in [-0.4, -0.2) is 31.9 Å².